The van der Waals surface area contributed by atoms with Crippen LogP contribution >= 0.6 is 0 Å². The number of Topliss-reactive ketones (excluding diaryl/α,β-unsaturated/α-hetero) is 1. The van der Waals surface area contributed by atoms with E-state index in [4.69, 9.17) is 14.3 Å². The summed E-state index contributed by atoms with van der Waals surface area (Å²) < 4.78 is 10.8. The van der Waals surface area contributed by atoms with Crippen molar-refractivity contribution in [2.24, 2.45) is 0 Å². The first-order valence-corrected chi connectivity index (χ1v) is 10.1. The molecule has 30 heavy (non-hydrogen) atoms. The monoisotopic (exact) mass is 409 g/mol. The Balaban J connectivity index is 1.78. The molecule has 2 aliphatic rings. The predicted octanol–water partition coefficient (Wildman–Crippen LogP) is 3.82. The zero-order chi connectivity index (χ0) is 21.7. The van der Waals surface area contributed by atoms with Crippen molar-refractivity contribution in [1.82, 2.24) is 0 Å². The number of para-hydroxylation sites is 1. The lowest BCUT2D eigenvalue weighted by atomic mass is 9.80. The quantitative estimate of drug-likeness (QED) is 0.565. The molecular weight excluding hydrogens is 382 g/mol. The Morgan fingerprint density at radius 3 is 2.47 bits per heavy atom. The summed E-state index contributed by atoms with van der Waals surface area (Å²) in [7, 11) is 1.61. The smallest absolute Gasteiger partial charge is 0.378 e. The van der Waals surface area contributed by atoms with Crippen LogP contribution in [0.2, 0.25) is 0 Å². The summed E-state index contributed by atoms with van der Waals surface area (Å²) in [5, 5.41) is 1.78. The Kier molecular flexibility index (Phi) is 4.85. The van der Waals surface area contributed by atoms with Crippen LogP contribution in [-0.2, 0) is 25.6 Å². The summed E-state index contributed by atoms with van der Waals surface area (Å²) >= 11 is 0. The van der Waals surface area contributed by atoms with Gasteiger partial charge >= 0.3 is 5.97 Å². The van der Waals surface area contributed by atoms with Crippen LogP contribution in [-0.4, -0.2) is 36.1 Å². The summed E-state index contributed by atoms with van der Waals surface area (Å²) in [5.41, 5.74) is 0.778. The zero-order valence-electron chi connectivity index (χ0n) is 18.0. The van der Waals surface area contributed by atoms with E-state index < -0.39 is 23.0 Å². The van der Waals surface area contributed by atoms with E-state index in [0.29, 0.717) is 12.2 Å². The van der Waals surface area contributed by atoms with Crippen LogP contribution in [0.4, 0.5) is 5.69 Å². The van der Waals surface area contributed by atoms with Crippen molar-refractivity contribution in [3.63, 3.8) is 0 Å². The molecule has 6 nitrogen and oxygen atoms in total. The maximum absolute atomic E-state index is 13.4. The average molecular weight is 409 g/mol. The van der Waals surface area contributed by atoms with Crippen LogP contribution in [0.1, 0.15) is 44.7 Å². The minimum Gasteiger partial charge on any atom is -0.497 e. The maximum atomic E-state index is 13.4. The summed E-state index contributed by atoms with van der Waals surface area (Å²) in [6.07, 6.45) is 0.704. The SMILES string of the molecule is COc1ccc2c(c1)[C@@H]1[C@H](C2)N(c2ccccc2)O[C@@]1(C)C(=O)C(=O)OC(C)(C)C. The van der Waals surface area contributed by atoms with Crippen molar-refractivity contribution >= 4 is 17.4 Å². The van der Waals surface area contributed by atoms with Gasteiger partial charge in [-0.25, -0.2) is 9.86 Å². The number of esters is 1. The first-order chi connectivity index (χ1) is 14.1. The molecule has 1 heterocycles. The normalized spacial score (nSPS) is 24.9. The van der Waals surface area contributed by atoms with Crippen molar-refractivity contribution in [1.29, 1.82) is 0 Å². The third-order valence-electron chi connectivity index (χ3n) is 5.73. The average Bonchev–Trinajstić information content (AvgIpc) is 3.22. The molecule has 0 bridgehead atoms. The maximum Gasteiger partial charge on any atom is 0.378 e. The van der Waals surface area contributed by atoms with Gasteiger partial charge in [0.2, 0.25) is 0 Å². The van der Waals surface area contributed by atoms with E-state index in [0.717, 1.165) is 16.8 Å². The molecule has 0 saturated carbocycles. The van der Waals surface area contributed by atoms with Gasteiger partial charge < -0.3 is 9.47 Å². The lowest BCUT2D eigenvalue weighted by Gasteiger charge is -2.29. The van der Waals surface area contributed by atoms with Crippen molar-refractivity contribution in [3.8, 4) is 5.75 Å². The van der Waals surface area contributed by atoms with Gasteiger partial charge in [-0.05, 0) is 69.5 Å². The molecule has 0 radical (unpaired) electrons. The molecule has 0 amide bonds. The summed E-state index contributed by atoms with van der Waals surface area (Å²) in [6.45, 7) is 6.91. The van der Waals surface area contributed by atoms with E-state index >= 15 is 0 Å². The van der Waals surface area contributed by atoms with Crippen LogP contribution in [0.15, 0.2) is 48.5 Å². The second-order valence-electron chi connectivity index (χ2n) is 9.00. The fourth-order valence-corrected chi connectivity index (χ4v) is 4.47. The Bertz CT molecular complexity index is 981. The van der Waals surface area contributed by atoms with Crippen molar-refractivity contribution in [2.45, 2.75) is 57.3 Å². The molecule has 0 aromatic heterocycles. The number of rotatable bonds is 4. The highest BCUT2D eigenvalue weighted by molar-refractivity contribution is 6.37. The Morgan fingerprint density at radius 1 is 1.13 bits per heavy atom. The first kappa shape index (κ1) is 20.4. The molecule has 1 aliphatic heterocycles. The van der Waals surface area contributed by atoms with Crippen molar-refractivity contribution in [3.05, 3.63) is 59.7 Å². The molecule has 3 atom stereocenters. The molecule has 1 fully saturated rings. The van der Waals surface area contributed by atoms with Crippen LogP contribution < -0.4 is 9.80 Å². The number of hydrogen-bond acceptors (Lipinski definition) is 6. The molecular formula is C24H27NO5. The molecule has 1 aliphatic carbocycles. The van der Waals surface area contributed by atoms with Gasteiger partial charge in [-0.3, -0.25) is 9.63 Å². The van der Waals surface area contributed by atoms with E-state index in [1.165, 1.54) is 0 Å². The second-order valence-corrected chi connectivity index (χ2v) is 9.00. The highest BCUT2D eigenvalue weighted by Crippen LogP contribution is 2.52. The molecule has 0 N–H and O–H groups in total. The Labute approximate surface area is 176 Å². The van der Waals surface area contributed by atoms with Gasteiger partial charge in [0.25, 0.3) is 5.78 Å². The molecule has 0 unspecified atom stereocenters. The molecule has 2 aromatic rings. The second kappa shape index (κ2) is 7.13. The van der Waals surface area contributed by atoms with Gasteiger partial charge in [0.1, 0.15) is 11.4 Å². The van der Waals surface area contributed by atoms with Crippen LogP contribution in [0, 0.1) is 0 Å². The van der Waals surface area contributed by atoms with Crippen LogP contribution in [0.5, 0.6) is 5.75 Å². The highest BCUT2D eigenvalue weighted by Gasteiger charge is 2.61. The third-order valence-corrected chi connectivity index (χ3v) is 5.73. The first-order valence-electron chi connectivity index (χ1n) is 10.1. The lowest BCUT2D eigenvalue weighted by Crippen LogP contribution is -2.47. The van der Waals surface area contributed by atoms with Gasteiger partial charge in [-0.2, -0.15) is 0 Å². The third kappa shape index (κ3) is 3.35. The number of fused-ring (bicyclic) bond motifs is 3. The summed E-state index contributed by atoms with van der Waals surface area (Å²) in [4.78, 5) is 32.4. The predicted molar refractivity (Wildman–Crippen MR) is 112 cm³/mol. The number of benzene rings is 2. The minimum absolute atomic E-state index is 0.120. The van der Waals surface area contributed by atoms with E-state index in [2.05, 4.69) is 0 Å². The molecule has 1 saturated heterocycles. The molecule has 2 aromatic carbocycles. The van der Waals surface area contributed by atoms with Crippen molar-refractivity contribution < 1.29 is 23.9 Å². The topological polar surface area (TPSA) is 65.1 Å². The minimum atomic E-state index is -1.39. The zero-order valence-corrected chi connectivity index (χ0v) is 18.0. The standard InChI is InChI=1S/C24H27NO5/c1-23(2,3)29-22(27)21(26)24(4)20-18-14-17(28-5)12-11-15(18)13-19(20)25(30-24)16-9-7-6-8-10-16/h6-12,14,19-20H,13H2,1-5H3/t19-,20+,24+/m0/s1. The van der Waals surface area contributed by atoms with E-state index in [9.17, 15) is 9.59 Å². The van der Waals surface area contributed by atoms with E-state index in [1.807, 2.05) is 48.5 Å². The number of nitrogens with zero attached hydrogens (tertiary/aromatic N) is 1. The number of ketones is 1. The summed E-state index contributed by atoms with van der Waals surface area (Å²) in [6, 6.07) is 15.4. The van der Waals surface area contributed by atoms with Crippen LogP contribution in [0.25, 0.3) is 0 Å². The largest absolute Gasteiger partial charge is 0.497 e. The van der Waals surface area contributed by atoms with E-state index in [1.54, 1.807) is 39.9 Å². The molecule has 4 rings (SSSR count). The lowest BCUT2D eigenvalue weighted by molar-refractivity contribution is -0.171. The fraction of sp³-hybridized carbons (Fsp3) is 0.417. The molecule has 6 heteroatoms. The number of ether oxygens (including phenoxy) is 2. The van der Waals surface area contributed by atoms with E-state index in [-0.39, 0.29) is 12.0 Å². The van der Waals surface area contributed by atoms with Crippen molar-refractivity contribution in [2.75, 3.05) is 12.2 Å². The number of anilines is 1. The number of hydroxylamine groups is 1. The number of carbonyl (C=O) groups is 2. The Hall–Kier alpha value is -2.86. The molecule has 158 valence electrons. The van der Waals surface area contributed by atoms with Gasteiger partial charge in [-0.15, -0.1) is 0 Å². The Morgan fingerprint density at radius 2 is 1.83 bits per heavy atom. The molecule has 0 spiro atoms. The van der Waals surface area contributed by atoms with Gasteiger partial charge in [0.05, 0.1) is 18.8 Å². The summed E-state index contributed by atoms with van der Waals surface area (Å²) in [5.74, 6) is -1.18. The van der Waals surface area contributed by atoms with Gasteiger partial charge in [0, 0.05) is 5.92 Å². The van der Waals surface area contributed by atoms with Gasteiger partial charge in [0.15, 0.2) is 5.60 Å². The highest BCUT2D eigenvalue weighted by atomic mass is 16.7. The number of hydrogen-bond donors (Lipinski definition) is 0. The van der Waals surface area contributed by atoms with Crippen LogP contribution in [0.3, 0.4) is 0 Å². The number of methoxy groups -OCH3 is 1. The fourth-order valence-electron chi connectivity index (χ4n) is 4.47. The van der Waals surface area contributed by atoms with Gasteiger partial charge in [-0.1, -0.05) is 24.3 Å². The number of carbonyl (C=O) groups excluding carboxylic acids is 2.